The molecule has 3 rings (SSSR count). The molecule has 0 radical (unpaired) electrons. The number of hydrogen-bond acceptors (Lipinski definition) is 5. The molecular weight excluding hydrogens is 405 g/mol. The summed E-state index contributed by atoms with van der Waals surface area (Å²) in [5.41, 5.74) is 1.40. The summed E-state index contributed by atoms with van der Waals surface area (Å²) in [5.74, 6) is 0.196. The van der Waals surface area contributed by atoms with E-state index in [4.69, 9.17) is 32.7 Å². The first-order valence-electron chi connectivity index (χ1n) is 8.97. The van der Waals surface area contributed by atoms with E-state index >= 15 is 0 Å². The smallest absolute Gasteiger partial charge is 0.270 e. The lowest BCUT2D eigenvalue weighted by Crippen LogP contribution is -2.27. The van der Waals surface area contributed by atoms with E-state index in [2.05, 4.69) is 15.5 Å². The number of ether oxygens (including phenoxy) is 2. The van der Waals surface area contributed by atoms with Gasteiger partial charge in [0.15, 0.2) is 5.75 Å². The Labute approximate surface area is 172 Å². The first kappa shape index (κ1) is 20.6. The van der Waals surface area contributed by atoms with Gasteiger partial charge < -0.3 is 14.8 Å². The van der Waals surface area contributed by atoms with Gasteiger partial charge in [0.1, 0.15) is 0 Å². The number of halogens is 2. The highest BCUT2D eigenvalue weighted by Gasteiger charge is 2.29. The number of amides is 1. The average Bonchev–Trinajstić information content (AvgIpc) is 2.59. The van der Waals surface area contributed by atoms with E-state index in [-0.39, 0.29) is 45.3 Å². The van der Waals surface area contributed by atoms with Crippen LogP contribution in [0.3, 0.4) is 0 Å². The molecule has 0 bridgehead atoms. The van der Waals surface area contributed by atoms with Crippen molar-refractivity contribution < 1.29 is 14.3 Å². The lowest BCUT2D eigenvalue weighted by atomic mass is 9.91. The van der Waals surface area contributed by atoms with E-state index in [0.29, 0.717) is 23.2 Å². The van der Waals surface area contributed by atoms with Crippen molar-refractivity contribution in [3.05, 3.63) is 43.7 Å². The minimum absolute atomic E-state index is 0.0157. The molecule has 1 aliphatic rings. The molecule has 0 saturated heterocycles. The van der Waals surface area contributed by atoms with Gasteiger partial charge in [-0.25, -0.2) is 5.10 Å². The topological polar surface area (TPSA) is 93.3 Å². The van der Waals surface area contributed by atoms with Gasteiger partial charge in [0, 0.05) is 18.2 Å². The molecule has 1 aromatic carbocycles. The molecule has 1 heterocycles. The van der Waals surface area contributed by atoms with E-state index in [1.807, 2.05) is 13.8 Å². The van der Waals surface area contributed by atoms with Gasteiger partial charge in [-0.1, -0.05) is 23.2 Å². The predicted octanol–water partition coefficient (Wildman–Crippen LogP) is 4.63. The molecule has 0 saturated carbocycles. The Morgan fingerprint density at radius 1 is 1.32 bits per heavy atom. The Morgan fingerprint density at radius 3 is 2.61 bits per heavy atom. The van der Waals surface area contributed by atoms with Crippen LogP contribution in [0.15, 0.2) is 16.9 Å². The van der Waals surface area contributed by atoms with Crippen LogP contribution in [0.25, 0.3) is 0 Å². The van der Waals surface area contributed by atoms with Gasteiger partial charge >= 0.3 is 0 Å². The third-order valence-electron chi connectivity index (χ3n) is 4.26. The zero-order chi connectivity index (χ0) is 20.4. The second-order valence-electron chi connectivity index (χ2n) is 6.87. The van der Waals surface area contributed by atoms with Crippen LogP contribution in [0.2, 0.25) is 10.0 Å². The number of anilines is 1. The second-order valence-corrected chi connectivity index (χ2v) is 7.68. The fourth-order valence-corrected chi connectivity index (χ4v) is 3.81. The van der Waals surface area contributed by atoms with Crippen LogP contribution < -0.4 is 15.6 Å². The number of benzene rings is 1. The molecule has 7 nitrogen and oxygen atoms in total. The molecule has 9 heteroatoms. The van der Waals surface area contributed by atoms with E-state index in [9.17, 15) is 9.59 Å². The summed E-state index contributed by atoms with van der Waals surface area (Å²) in [6, 6.07) is 3.07. The Morgan fingerprint density at radius 2 is 2.00 bits per heavy atom. The van der Waals surface area contributed by atoms with Crippen molar-refractivity contribution in [1.29, 1.82) is 0 Å². The molecule has 0 aliphatic heterocycles. The summed E-state index contributed by atoms with van der Waals surface area (Å²) < 4.78 is 11.8. The summed E-state index contributed by atoms with van der Waals surface area (Å²) in [7, 11) is 0. The fraction of sp³-hybridized carbons (Fsp3) is 0.421. The molecular formula is C19H21Cl2N3O4. The van der Waals surface area contributed by atoms with Gasteiger partial charge in [-0.2, -0.15) is 0 Å². The first-order chi connectivity index (χ1) is 13.3. The number of carbonyl (C=O) groups excluding carboxylic acids is 1. The van der Waals surface area contributed by atoms with Gasteiger partial charge in [0.25, 0.3) is 5.56 Å². The molecule has 0 fully saturated rings. The monoisotopic (exact) mass is 425 g/mol. The van der Waals surface area contributed by atoms with Gasteiger partial charge in [0.2, 0.25) is 11.8 Å². The highest BCUT2D eigenvalue weighted by Crippen LogP contribution is 2.41. The number of aromatic amines is 1. The Kier molecular flexibility index (Phi) is 6.27. The Bertz CT molecular complexity index is 936. The number of nitrogens with one attached hydrogen (secondary N) is 2. The van der Waals surface area contributed by atoms with Crippen molar-refractivity contribution in [2.45, 2.75) is 52.2 Å². The predicted molar refractivity (Wildman–Crippen MR) is 108 cm³/mol. The third-order valence-corrected chi connectivity index (χ3v) is 4.82. The number of rotatable bonds is 5. The van der Waals surface area contributed by atoms with Crippen LogP contribution in [0.4, 0.5) is 5.69 Å². The Hall–Kier alpha value is -2.09. The van der Waals surface area contributed by atoms with Crippen LogP contribution >= 0.6 is 23.2 Å². The van der Waals surface area contributed by atoms with Crippen molar-refractivity contribution in [2.24, 2.45) is 0 Å². The Balaban J connectivity index is 1.98. The maximum absolute atomic E-state index is 12.4. The largest absolute Gasteiger partial charge is 0.434 e. The average molecular weight is 426 g/mol. The summed E-state index contributed by atoms with van der Waals surface area (Å²) in [6.07, 6.45) is 1.90. The van der Waals surface area contributed by atoms with Crippen molar-refractivity contribution in [3.8, 4) is 11.6 Å². The van der Waals surface area contributed by atoms with Crippen LogP contribution in [-0.2, 0) is 16.0 Å². The van der Waals surface area contributed by atoms with E-state index in [1.54, 1.807) is 0 Å². The van der Waals surface area contributed by atoms with E-state index in [1.165, 1.54) is 19.1 Å². The molecule has 0 spiro atoms. The van der Waals surface area contributed by atoms with Crippen molar-refractivity contribution >= 4 is 34.8 Å². The SMILES string of the molecule is CC(=O)Nc1cc(Cl)c(Oc2n[nH]c(=O)c3c2CCCC3OC(C)C)c(Cl)c1. The second kappa shape index (κ2) is 8.51. The highest BCUT2D eigenvalue weighted by atomic mass is 35.5. The van der Waals surface area contributed by atoms with Crippen LogP contribution in [-0.4, -0.2) is 22.2 Å². The van der Waals surface area contributed by atoms with Crippen LogP contribution in [0, 0.1) is 0 Å². The van der Waals surface area contributed by atoms with Crippen molar-refractivity contribution in [1.82, 2.24) is 10.2 Å². The summed E-state index contributed by atoms with van der Waals surface area (Å²) >= 11 is 12.6. The lowest BCUT2D eigenvalue weighted by Gasteiger charge is -2.27. The molecule has 28 heavy (non-hydrogen) atoms. The molecule has 1 aromatic heterocycles. The minimum Gasteiger partial charge on any atom is -0.434 e. The standard InChI is InChI=1S/C19H21Cl2N3O4/c1-9(2)27-15-6-4-5-12-16(15)18(26)23-24-19(12)28-17-13(20)7-11(8-14(17)21)22-10(3)25/h7-9,15H,4-6H2,1-3H3,(H,22,25)(H,23,26). The van der Waals surface area contributed by atoms with Gasteiger partial charge in [-0.15, -0.1) is 5.10 Å². The third kappa shape index (κ3) is 4.48. The lowest BCUT2D eigenvalue weighted by molar-refractivity contribution is -0.114. The van der Waals surface area contributed by atoms with Gasteiger partial charge in [-0.3, -0.25) is 9.59 Å². The fourth-order valence-electron chi connectivity index (χ4n) is 3.25. The number of nitrogens with zero attached hydrogens (tertiary/aromatic N) is 1. The van der Waals surface area contributed by atoms with E-state index < -0.39 is 0 Å². The quantitative estimate of drug-likeness (QED) is 0.727. The number of carbonyl (C=O) groups is 1. The molecule has 1 amide bonds. The van der Waals surface area contributed by atoms with Crippen molar-refractivity contribution in [3.63, 3.8) is 0 Å². The number of fused-ring (bicyclic) bond motifs is 1. The summed E-state index contributed by atoms with van der Waals surface area (Å²) in [5, 5.41) is 9.56. The van der Waals surface area contributed by atoms with Gasteiger partial charge in [0.05, 0.1) is 27.8 Å². The molecule has 1 unspecified atom stereocenters. The van der Waals surface area contributed by atoms with Crippen LogP contribution in [0.5, 0.6) is 11.6 Å². The maximum atomic E-state index is 12.4. The molecule has 150 valence electrons. The molecule has 2 aromatic rings. The first-order valence-corrected chi connectivity index (χ1v) is 9.73. The summed E-state index contributed by atoms with van der Waals surface area (Å²) in [6.45, 7) is 5.24. The number of H-pyrrole nitrogens is 1. The molecule has 1 aliphatic carbocycles. The number of hydrogen-bond donors (Lipinski definition) is 2. The number of aromatic nitrogens is 2. The zero-order valence-electron chi connectivity index (χ0n) is 15.8. The molecule has 2 N–H and O–H groups in total. The summed E-state index contributed by atoms with van der Waals surface area (Å²) in [4.78, 5) is 23.6. The van der Waals surface area contributed by atoms with Crippen LogP contribution in [0.1, 0.15) is 50.8 Å². The molecule has 1 atom stereocenters. The maximum Gasteiger partial charge on any atom is 0.270 e. The van der Waals surface area contributed by atoms with E-state index in [0.717, 1.165) is 12.8 Å². The highest BCUT2D eigenvalue weighted by molar-refractivity contribution is 6.37. The normalized spacial score (nSPS) is 16.0. The van der Waals surface area contributed by atoms with Gasteiger partial charge in [-0.05, 0) is 45.2 Å². The van der Waals surface area contributed by atoms with Crippen molar-refractivity contribution in [2.75, 3.05) is 5.32 Å². The zero-order valence-corrected chi connectivity index (χ0v) is 17.3. The minimum atomic E-state index is -0.314.